The van der Waals surface area contributed by atoms with E-state index < -0.39 is 0 Å². The van der Waals surface area contributed by atoms with E-state index in [1.807, 2.05) is 19.1 Å². The molecule has 2 aromatic rings. The number of benzene rings is 2. The van der Waals surface area contributed by atoms with E-state index in [0.29, 0.717) is 16.9 Å². The van der Waals surface area contributed by atoms with Crippen molar-refractivity contribution in [2.45, 2.75) is 6.92 Å². The first-order chi connectivity index (χ1) is 9.51. The summed E-state index contributed by atoms with van der Waals surface area (Å²) in [6.07, 6.45) is 0. The predicted molar refractivity (Wildman–Crippen MR) is 84.2 cm³/mol. The van der Waals surface area contributed by atoms with Crippen LogP contribution in [0.1, 0.15) is 15.9 Å². The zero-order chi connectivity index (χ0) is 14.7. The van der Waals surface area contributed by atoms with E-state index in [0.717, 1.165) is 15.8 Å². The summed E-state index contributed by atoms with van der Waals surface area (Å²) in [6.45, 7) is 1.92. The van der Waals surface area contributed by atoms with Gasteiger partial charge in [-0.25, -0.2) is 0 Å². The number of hydrogen-bond acceptors (Lipinski definition) is 3. The van der Waals surface area contributed by atoms with Gasteiger partial charge >= 0.3 is 0 Å². The molecule has 20 heavy (non-hydrogen) atoms. The molecular weight excluding hydrogens is 320 g/mol. The summed E-state index contributed by atoms with van der Waals surface area (Å²) in [4.78, 5) is 12.2. The van der Waals surface area contributed by atoms with Crippen LogP contribution in [0.3, 0.4) is 0 Å². The molecular formula is C15H15BrN2O2. The fraction of sp³-hybridized carbons (Fsp3) is 0.133. The maximum atomic E-state index is 12.2. The van der Waals surface area contributed by atoms with E-state index in [1.54, 1.807) is 31.4 Å². The first kappa shape index (κ1) is 14.4. The van der Waals surface area contributed by atoms with Gasteiger partial charge < -0.3 is 15.8 Å². The summed E-state index contributed by atoms with van der Waals surface area (Å²) in [5, 5.41) is 2.82. The topological polar surface area (TPSA) is 64.3 Å². The molecule has 3 N–H and O–H groups in total. The highest BCUT2D eigenvalue weighted by Gasteiger charge is 2.11. The monoisotopic (exact) mass is 334 g/mol. The average Bonchev–Trinajstić information content (AvgIpc) is 2.41. The van der Waals surface area contributed by atoms with Gasteiger partial charge in [0.1, 0.15) is 5.75 Å². The molecule has 0 aliphatic carbocycles. The molecule has 0 saturated heterocycles. The summed E-state index contributed by atoms with van der Waals surface area (Å²) >= 11 is 3.33. The summed E-state index contributed by atoms with van der Waals surface area (Å²) < 4.78 is 5.99. The number of nitrogen functional groups attached to an aromatic ring is 1. The molecule has 0 aromatic heterocycles. The van der Waals surface area contributed by atoms with Crippen molar-refractivity contribution in [3.05, 3.63) is 52.0 Å². The fourth-order valence-corrected chi connectivity index (χ4v) is 2.24. The minimum Gasteiger partial charge on any atom is -0.496 e. The van der Waals surface area contributed by atoms with E-state index in [4.69, 9.17) is 10.5 Å². The van der Waals surface area contributed by atoms with Crippen LogP contribution < -0.4 is 15.8 Å². The largest absolute Gasteiger partial charge is 0.496 e. The van der Waals surface area contributed by atoms with Crippen LogP contribution in [0.4, 0.5) is 11.4 Å². The van der Waals surface area contributed by atoms with Gasteiger partial charge in [0, 0.05) is 15.8 Å². The van der Waals surface area contributed by atoms with Gasteiger partial charge in [0.2, 0.25) is 0 Å². The van der Waals surface area contributed by atoms with Crippen LogP contribution in [0, 0.1) is 6.92 Å². The highest BCUT2D eigenvalue weighted by Crippen LogP contribution is 2.23. The van der Waals surface area contributed by atoms with E-state index in [-0.39, 0.29) is 5.91 Å². The summed E-state index contributed by atoms with van der Waals surface area (Å²) in [5.41, 5.74) is 8.35. The number of halogens is 1. The number of amides is 1. The number of carbonyl (C=O) groups excluding carboxylic acids is 1. The minimum absolute atomic E-state index is 0.242. The number of anilines is 2. The highest BCUT2D eigenvalue weighted by molar-refractivity contribution is 9.10. The zero-order valence-corrected chi connectivity index (χ0v) is 12.8. The van der Waals surface area contributed by atoms with Crippen LogP contribution in [0.15, 0.2) is 40.9 Å². The van der Waals surface area contributed by atoms with E-state index in [1.165, 1.54) is 0 Å². The number of rotatable bonds is 3. The predicted octanol–water partition coefficient (Wildman–Crippen LogP) is 3.60. The second kappa shape index (κ2) is 5.96. The van der Waals surface area contributed by atoms with Gasteiger partial charge in [-0.1, -0.05) is 15.9 Å². The molecule has 0 fully saturated rings. The Morgan fingerprint density at radius 2 is 2.00 bits per heavy atom. The van der Waals surface area contributed by atoms with Gasteiger partial charge in [-0.05, 0) is 48.9 Å². The van der Waals surface area contributed by atoms with Crippen LogP contribution in [0.5, 0.6) is 5.75 Å². The van der Waals surface area contributed by atoms with Crippen molar-refractivity contribution in [2.75, 3.05) is 18.2 Å². The molecule has 5 heteroatoms. The Labute approximate surface area is 126 Å². The van der Waals surface area contributed by atoms with Gasteiger partial charge in [-0.2, -0.15) is 0 Å². The number of hydrogen-bond donors (Lipinski definition) is 2. The zero-order valence-electron chi connectivity index (χ0n) is 11.2. The maximum Gasteiger partial charge on any atom is 0.257 e. The smallest absolute Gasteiger partial charge is 0.257 e. The Hall–Kier alpha value is -2.01. The molecule has 104 valence electrons. The first-order valence-corrected chi connectivity index (χ1v) is 6.81. The highest BCUT2D eigenvalue weighted by atomic mass is 79.9. The summed E-state index contributed by atoms with van der Waals surface area (Å²) in [6, 6.07) is 10.6. The summed E-state index contributed by atoms with van der Waals surface area (Å²) in [7, 11) is 1.61. The van der Waals surface area contributed by atoms with Crippen molar-refractivity contribution in [3.63, 3.8) is 0 Å². The fourth-order valence-electron chi connectivity index (χ4n) is 1.88. The third-order valence-electron chi connectivity index (χ3n) is 2.91. The van der Waals surface area contributed by atoms with Crippen molar-refractivity contribution in [2.24, 2.45) is 0 Å². The van der Waals surface area contributed by atoms with Crippen molar-refractivity contribution in [1.29, 1.82) is 0 Å². The van der Waals surface area contributed by atoms with Crippen LogP contribution in [-0.4, -0.2) is 13.0 Å². The molecule has 0 heterocycles. The molecule has 2 rings (SSSR count). The van der Waals surface area contributed by atoms with Crippen LogP contribution >= 0.6 is 15.9 Å². The number of carbonyl (C=O) groups is 1. The Morgan fingerprint density at radius 3 is 2.65 bits per heavy atom. The molecule has 4 nitrogen and oxygen atoms in total. The summed E-state index contributed by atoms with van der Waals surface area (Å²) in [5.74, 6) is 0.540. The normalized spacial score (nSPS) is 10.2. The number of nitrogens with one attached hydrogen (secondary N) is 1. The maximum absolute atomic E-state index is 12.2. The van der Waals surface area contributed by atoms with E-state index in [9.17, 15) is 4.79 Å². The minimum atomic E-state index is -0.242. The lowest BCUT2D eigenvalue weighted by atomic mass is 10.1. The third kappa shape index (κ3) is 3.11. The molecule has 0 radical (unpaired) electrons. The molecule has 0 aliphatic heterocycles. The molecule has 0 aliphatic rings. The van der Waals surface area contributed by atoms with Gasteiger partial charge in [0.25, 0.3) is 5.91 Å². The molecule has 0 saturated carbocycles. The van der Waals surface area contributed by atoms with Gasteiger partial charge in [0.15, 0.2) is 0 Å². The molecule has 0 atom stereocenters. The van der Waals surface area contributed by atoms with Crippen molar-refractivity contribution in [3.8, 4) is 5.75 Å². The van der Waals surface area contributed by atoms with Crippen LogP contribution in [0.25, 0.3) is 0 Å². The quantitative estimate of drug-likeness (QED) is 0.843. The Morgan fingerprint density at radius 1 is 1.25 bits per heavy atom. The Balaban J connectivity index is 2.23. The van der Waals surface area contributed by atoms with Crippen LogP contribution in [-0.2, 0) is 0 Å². The lowest BCUT2D eigenvalue weighted by molar-refractivity contribution is 0.102. The number of methoxy groups -OCH3 is 1. The Bertz CT molecular complexity index is 656. The van der Waals surface area contributed by atoms with Crippen molar-refractivity contribution in [1.82, 2.24) is 0 Å². The second-order valence-corrected chi connectivity index (χ2v) is 5.29. The van der Waals surface area contributed by atoms with Gasteiger partial charge in [-0.15, -0.1) is 0 Å². The average molecular weight is 335 g/mol. The Kier molecular flexibility index (Phi) is 4.29. The van der Waals surface area contributed by atoms with E-state index in [2.05, 4.69) is 21.2 Å². The lowest BCUT2D eigenvalue weighted by Gasteiger charge is -2.10. The SMILES string of the molecule is COc1ccc(NC(=O)c2cc(Br)ccc2N)cc1C. The number of ether oxygens (including phenoxy) is 1. The first-order valence-electron chi connectivity index (χ1n) is 6.02. The second-order valence-electron chi connectivity index (χ2n) is 4.37. The molecule has 2 aromatic carbocycles. The molecule has 0 unspecified atom stereocenters. The number of nitrogens with two attached hydrogens (primary N) is 1. The van der Waals surface area contributed by atoms with Crippen molar-refractivity contribution >= 4 is 33.2 Å². The molecule has 0 bridgehead atoms. The standard InChI is InChI=1S/C15H15BrN2O2/c1-9-7-11(4-6-14(9)20-2)18-15(19)12-8-10(16)3-5-13(12)17/h3-8H,17H2,1-2H3,(H,18,19). The lowest BCUT2D eigenvalue weighted by Crippen LogP contribution is -2.14. The molecule has 1 amide bonds. The third-order valence-corrected chi connectivity index (χ3v) is 3.41. The van der Waals surface area contributed by atoms with Gasteiger partial charge in [0.05, 0.1) is 12.7 Å². The van der Waals surface area contributed by atoms with Crippen molar-refractivity contribution < 1.29 is 9.53 Å². The number of aryl methyl sites for hydroxylation is 1. The van der Waals surface area contributed by atoms with Crippen LogP contribution in [0.2, 0.25) is 0 Å². The molecule has 0 spiro atoms. The van der Waals surface area contributed by atoms with Gasteiger partial charge in [-0.3, -0.25) is 4.79 Å². The van der Waals surface area contributed by atoms with E-state index >= 15 is 0 Å².